The maximum absolute atomic E-state index is 13.1. The number of hydrogen-bond donors (Lipinski definition) is 0. The van der Waals surface area contributed by atoms with Gasteiger partial charge in [0.2, 0.25) is 5.91 Å². The lowest BCUT2D eigenvalue weighted by Crippen LogP contribution is -2.33. The number of carbonyl (C=O) groups excluding carboxylic acids is 1. The maximum Gasteiger partial charge on any atom is 0.249 e. The highest BCUT2D eigenvalue weighted by Crippen LogP contribution is 2.14. The van der Waals surface area contributed by atoms with E-state index < -0.39 is 0 Å². The summed E-state index contributed by atoms with van der Waals surface area (Å²) in [7, 11) is 1.52. The average Bonchev–Trinajstić information content (AvgIpc) is 3.11. The lowest BCUT2D eigenvalue weighted by molar-refractivity contribution is -0.136. The zero-order valence-electron chi connectivity index (χ0n) is 15.3. The van der Waals surface area contributed by atoms with Crippen molar-refractivity contribution in [2.75, 3.05) is 13.7 Å². The molecule has 27 heavy (non-hydrogen) atoms. The van der Waals surface area contributed by atoms with Gasteiger partial charge in [0.15, 0.2) is 0 Å². The van der Waals surface area contributed by atoms with Gasteiger partial charge >= 0.3 is 0 Å². The van der Waals surface area contributed by atoms with Crippen molar-refractivity contribution in [2.45, 2.75) is 19.6 Å². The maximum atomic E-state index is 13.1. The summed E-state index contributed by atoms with van der Waals surface area (Å²) in [5.41, 5.74) is 3.09. The van der Waals surface area contributed by atoms with Crippen LogP contribution in [0.1, 0.15) is 16.8 Å². The molecule has 0 aliphatic heterocycles. The van der Waals surface area contributed by atoms with Gasteiger partial charge in [0, 0.05) is 32.1 Å². The summed E-state index contributed by atoms with van der Waals surface area (Å²) in [6.45, 7) is 1.67. The molecule has 0 unspecified atom stereocenters. The first kappa shape index (κ1) is 18.9. The molecule has 0 aliphatic carbocycles. The Balaban J connectivity index is 1.76. The van der Waals surface area contributed by atoms with Crippen LogP contribution >= 0.6 is 0 Å². The number of amides is 1. The number of hydrogen-bond acceptors (Lipinski definition) is 2. The monoisotopic (exact) mass is 366 g/mol. The van der Waals surface area contributed by atoms with Gasteiger partial charge in [-0.1, -0.05) is 42.5 Å². The van der Waals surface area contributed by atoms with Crippen LogP contribution < -0.4 is 0 Å². The van der Waals surface area contributed by atoms with Gasteiger partial charge in [0.1, 0.15) is 12.4 Å². The number of benzene rings is 2. The second-order valence-electron chi connectivity index (χ2n) is 6.42. The van der Waals surface area contributed by atoms with Crippen LogP contribution in [-0.4, -0.2) is 29.1 Å². The fourth-order valence-electron chi connectivity index (χ4n) is 2.98. The van der Waals surface area contributed by atoms with E-state index >= 15 is 0 Å². The molecule has 2 aromatic carbocycles. The second kappa shape index (κ2) is 9.14. The number of methoxy groups -OCH3 is 1. The molecule has 0 fully saturated rings. The number of rotatable bonds is 8. The Morgan fingerprint density at radius 1 is 0.963 bits per heavy atom. The Morgan fingerprint density at radius 2 is 1.70 bits per heavy atom. The summed E-state index contributed by atoms with van der Waals surface area (Å²) < 4.78 is 20.2. The van der Waals surface area contributed by atoms with Gasteiger partial charge in [-0.2, -0.15) is 0 Å². The van der Waals surface area contributed by atoms with E-state index in [0.29, 0.717) is 19.6 Å². The van der Waals surface area contributed by atoms with Crippen molar-refractivity contribution in [3.63, 3.8) is 0 Å². The van der Waals surface area contributed by atoms with Crippen molar-refractivity contribution in [3.05, 3.63) is 95.6 Å². The van der Waals surface area contributed by atoms with Crippen LogP contribution in [-0.2, 0) is 29.2 Å². The number of halogens is 1. The van der Waals surface area contributed by atoms with Gasteiger partial charge in [-0.05, 0) is 35.4 Å². The van der Waals surface area contributed by atoms with E-state index in [1.165, 1.54) is 19.2 Å². The molecule has 0 saturated heterocycles. The standard InChI is InChI=1S/C22H23FN2O2/c1-27-17-22(26)25(15-18-6-3-2-4-7-18)16-21-8-5-13-24(21)14-19-9-11-20(23)12-10-19/h2-13H,14-17H2,1H3. The Bertz CT molecular complexity index is 860. The van der Waals surface area contributed by atoms with Crippen LogP contribution in [0.15, 0.2) is 72.9 Å². The van der Waals surface area contributed by atoms with Crippen LogP contribution in [0.2, 0.25) is 0 Å². The van der Waals surface area contributed by atoms with Gasteiger partial charge in [-0.15, -0.1) is 0 Å². The van der Waals surface area contributed by atoms with E-state index in [0.717, 1.165) is 16.8 Å². The molecule has 0 aliphatic rings. The van der Waals surface area contributed by atoms with Gasteiger partial charge in [-0.25, -0.2) is 4.39 Å². The van der Waals surface area contributed by atoms with E-state index in [1.807, 2.05) is 48.7 Å². The Hall–Kier alpha value is -2.92. The summed E-state index contributed by atoms with van der Waals surface area (Å²) in [4.78, 5) is 14.3. The minimum absolute atomic E-state index is 0.0471. The third-order valence-electron chi connectivity index (χ3n) is 4.38. The van der Waals surface area contributed by atoms with Crippen LogP contribution in [0.4, 0.5) is 4.39 Å². The molecule has 0 saturated carbocycles. The number of carbonyl (C=O) groups is 1. The first-order chi connectivity index (χ1) is 13.2. The molecule has 0 atom stereocenters. The smallest absolute Gasteiger partial charge is 0.249 e. The van der Waals surface area contributed by atoms with Crippen molar-refractivity contribution in [1.29, 1.82) is 0 Å². The van der Waals surface area contributed by atoms with Crippen molar-refractivity contribution >= 4 is 5.91 Å². The minimum atomic E-state index is -0.245. The summed E-state index contributed by atoms with van der Waals surface area (Å²) in [6.07, 6.45) is 1.97. The average molecular weight is 366 g/mol. The molecule has 1 heterocycles. The molecule has 0 radical (unpaired) electrons. The van der Waals surface area contributed by atoms with E-state index in [1.54, 1.807) is 17.0 Å². The summed E-state index contributed by atoms with van der Waals surface area (Å²) in [5, 5.41) is 0. The first-order valence-electron chi connectivity index (χ1n) is 8.85. The van der Waals surface area contributed by atoms with Gasteiger partial charge in [-0.3, -0.25) is 4.79 Å². The molecule has 3 rings (SSSR count). The first-order valence-corrected chi connectivity index (χ1v) is 8.85. The lowest BCUT2D eigenvalue weighted by Gasteiger charge is -2.23. The quantitative estimate of drug-likeness (QED) is 0.607. The Kier molecular flexibility index (Phi) is 6.39. The third kappa shape index (κ3) is 5.28. The fourth-order valence-corrected chi connectivity index (χ4v) is 2.98. The molecule has 0 spiro atoms. The SMILES string of the molecule is COCC(=O)N(Cc1ccccc1)Cc1cccn1Cc1ccc(F)cc1. The molecule has 3 aromatic rings. The molecule has 0 N–H and O–H groups in total. The van der Waals surface area contributed by atoms with Crippen molar-refractivity contribution in [1.82, 2.24) is 9.47 Å². The van der Waals surface area contributed by atoms with E-state index in [4.69, 9.17) is 4.74 Å². The normalized spacial score (nSPS) is 10.7. The van der Waals surface area contributed by atoms with E-state index in [2.05, 4.69) is 4.57 Å². The van der Waals surface area contributed by atoms with Crippen LogP contribution in [0.5, 0.6) is 0 Å². The van der Waals surface area contributed by atoms with E-state index in [-0.39, 0.29) is 18.3 Å². The highest BCUT2D eigenvalue weighted by molar-refractivity contribution is 5.77. The number of aromatic nitrogens is 1. The van der Waals surface area contributed by atoms with Crippen LogP contribution in [0.25, 0.3) is 0 Å². The highest BCUT2D eigenvalue weighted by Gasteiger charge is 2.16. The molecular formula is C22H23FN2O2. The molecule has 1 aromatic heterocycles. The lowest BCUT2D eigenvalue weighted by atomic mass is 10.2. The van der Waals surface area contributed by atoms with Gasteiger partial charge < -0.3 is 14.2 Å². The highest BCUT2D eigenvalue weighted by atomic mass is 19.1. The largest absolute Gasteiger partial charge is 0.375 e. The molecule has 4 nitrogen and oxygen atoms in total. The summed E-state index contributed by atoms with van der Waals surface area (Å²) in [5.74, 6) is -0.304. The topological polar surface area (TPSA) is 34.5 Å². The predicted octanol–water partition coefficient (Wildman–Crippen LogP) is 3.85. The van der Waals surface area contributed by atoms with Crippen molar-refractivity contribution in [2.24, 2.45) is 0 Å². The zero-order chi connectivity index (χ0) is 19.1. The minimum Gasteiger partial charge on any atom is -0.375 e. The predicted molar refractivity (Wildman–Crippen MR) is 103 cm³/mol. The third-order valence-corrected chi connectivity index (χ3v) is 4.38. The van der Waals surface area contributed by atoms with Gasteiger partial charge in [0.25, 0.3) is 0 Å². The molecule has 5 heteroatoms. The fraction of sp³-hybridized carbons (Fsp3) is 0.227. The zero-order valence-corrected chi connectivity index (χ0v) is 15.3. The van der Waals surface area contributed by atoms with Gasteiger partial charge in [0.05, 0.1) is 6.54 Å². The number of ether oxygens (including phenoxy) is 1. The summed E-state index contributed by atoms with van der Waals surface area (Å²) in [6, 6.07) is 20.3. The van der Waals surface area contributed by atoms with E-state index in [9.17, 15) is 9.18 Å². The molecule has 140 valence electrons. The number of nitrogens with zero attached hydrogens (tertiary/aromatic N) is 2. The Labute approximate surface area is 158 Å². The van der Waals surface area contributed by atoms with Crippen molar-refractivity contribution < 1.29 is 13.9 Å². The molecule has 1 amide bonds. The molecule has 0 bridgehead atoms. The molecular weight excluding hydrogens is 343 g/mol. The summed E-state index contributed by atoms with van der Waals surface area (Å²) >= 11 is 0. The second-order valence-corrected chi connectivity index (χ2v) is 6.42. The van der Waals surface area contributed by atoms with Crippen LogP contribution in [0, 0.1) is 5.82 Å². The Morgan fingerprint density at radius 3 is 2.41 bits per heavy atom. The van der Waals surface area contributed by atoms with Crippen molar-refractivity contribution in [3.8, 4) is 0 Å². The van der Waals surface area contributed by atoms with Crippen LogP contribution in [0.3, 0.4) is 0 Å².